The summed E-state index contributed by atoms with van der Waals surface area (Å²) in [4.78, 5) is 11.3. The molecule has 0 unspecified atom stereocenters. The number of aromatic hydroxyl groups is 1. The van der Waals surface area contributed by atoms with Gasteiger partial charge in [-0.15, -0.1) is 0 Å². The van der Waals surface area contributed by atoms with Gasteiger partial charge in [0, 0.05) is 20.3 Å². The molecule has 0 aliphatic rings. The Morgan fingerprint density at radius 1 is 1.29 bits per heavy atom. The number of carbonyl (C=O) groups is 1. The summed E-state index contributed by atoms with van der Waals surface area (Å²) in [6.07, 6.45) is 1.37. The van der Waals surface area contributed by atoms with Crippen LogP contribution < -0.4 is 4.72 Å². The molecule has 0 bridgehead atoms. The SMILES string of the molecule is COCCCCNS(=O)(=O)c1ccc(O)c(C(=O)OC)c1. The minimum atomic E-state index is -3.74. The van der Waals surface area contributed by atoms with Crippen LogP contribution in [0.4, 0.5) is 0 Å². The molecule has 0 heterocycles. The quantitative estimate of drug-likeness (QED) is 0.545. The number of carbonyl (C=O) groups excluding carboxylic acids is 1. The summed E-state index contributed by atoms with van der Waals surface area (Å²) in [5.41, 5.74) is -0.195. The molecule has 0 radical (unpaired) electrons. The third-order valence-corrected chi connectivity index (χ3v) is 4.21. The molecular weight excluding hydrogens is 298 g/mol. The van der Waals surface area contributed by atoms with E-state index in [1.807, 2.05) is 0 Å². The summed E-state index contributed by atoms with van der Waals surface area (Å²) in [5, 5.41) is 9.55. The number of sulfonamides is 1. The molecule has 0 aromatic heterocycles. The average Bonchev–Trinajstić information content (AvgIpc) is 2.46. The number of unbranched alkanes of at least 4 members (excludes halogenated alkanes) is 1. The summed E-state index contributed by atoms with van der Waals surface area (Å²) in [7, 11) is -1.01. The predicted octanol–water partition coefficient (Wildman–Crippen LogP) is 0.884. The van der Waals surface area contributed by atoms with Gasteiger partial charge in [-0.05, 0) is 31.0 Å². The number of ether oxygens (including phenoxy) is 2. The fourth-order valence-corrected chi connectivity index (χ4v) is 2.72. The molecule has 1 aromatic rings. The van der Waals surface area contributed by atoms with Crippen LogP contribution in [-0.4, -0.2) is 46.9 Å². The molecule has 0 atom stereocenters. The van der Waals surface area contributed by atoms with Gasteiger partial charge >= 0.3 is 5.97 Å². The van der Waals surface area contributed by atoms with Gasteiger partial charge in [-0.3, -0.25) is 0 Å². The van der Waals surface area contributed by atoms with Crippen molar-refractivity contribution in [1.82, 2.24) is 4.72 Å². The van der Waals surface area contributed by atoms with E-state index < -0.39 is 16.0 Å². The van der Waals surface area contributed by atoms with E-state index in [4.69, 9.17) is 4.74 Å². The minimum absolute atomic E-state index is 0.104. The zero-order chi connectivity index (χ0) is 15.9. The molecule has 118 valence electrons. The van der Waals surface area contributed by atoms with Crippen molar-refractivity contribution in [3.8, 4) is 5.75 Å². The Hall–Kier alpha value is -1.64. The Kier molecular flexibility index (Phi) is 6.60. The maximum atomic E-state index is 12.1. The topological polar surface area (TPSA) is 102 Å². The first kappa shape index (κ1) is 17.4. The van der Waals surface area contributed by atoms with Crippen molar-refractivity contribution in [3.05, 3.63) is 23.8 Å². The molecule has 1 aromatic carbocycles. The molecule has 21 heavy (non-hydrogen) atoms. The number of methoxy groups -OCH3 is 2. The van der Waals surface area contributed by atoms with Gasteiger partial charge < -0.3 is 14.6 Å². The predicted molar refractivity (Wildman–Crippen MR) is 75.7 cm³/mol. The molecule has 0 spiro atoms. The minimum Gasteiger partial charge on any atom is -0.507 e. The number of benzene rings is 1. The van der Waals surface area contributed by atoms with Crippen molar-refractivity contribution < 1.29 is 27.8 Å². The molecule has 0 amide bonds. The number of phenolic OH excluding ortho intramolecular Hbond substituents is 1. The van der Waals surface area contributed by atoms with E-state index in [1.165, 1.54) is 6.07 Å². The lowest BCUT2D eigenvalue weighted by Gasteiger charge is -2.09. The van der Waals surface area contributed by atoms with E-state index in [1.54, 1.807) is 7.11 Å². The summed E-state index contributed by atoms with van der Waals surface area (Å²) >= 11 is 0. The second-order valence-electron chi connectivity index (χ2n) is 4.27. The molecular formula is C13H19NO6S. The fourth-order valence-electron chi connectivity index (χ4n) is 1.62. The highest BCUT2D eigenvalue weighted by molar-refractivity contribution is 7.89. The Labute approximate surface area is 123 Å². The average molecular weight is 317 g/mol. The van der Waals surface area contributed by atoms with E-state index in [0.29, 0.717) is 13.0 Å². The lowest BCUT2D eigenvalue weighted by Crippen LogP contribution is -2.25. The van der Waals surface area contributed by atoms with Crippen LogP contribution in [0.3, 0.4) is 0 Å². The first-order valence-electron chi connectivity index (χ1n) is 6.32. The fraction of sp³-hybridized carbons (Fsp3) is 0.462. The highest BCUT2D eigenvalue weighted by Gasteiger charge is 2.19. The molecule has 7 nitrogen and oxygen atoms in total. The number of hydrogen-bond acceptors (Lipinski definition) is 6. The Bertz CT molecular complexity index is 584. The molecule has 0 aliphatic carbocycles. The summed E-state index contributed by atoms with van der Waals surface area (Å²) in [6, 6.07) is 3.45. The van der Waals surface area contributed by atoms with Gasteiger partial charge in [0.15, 0.2) is 0 Å². The highest BCUT2D eigenvalue weighted by atomic mass is 32.2. The largest absolute Gasteiger partial charge is 0.507 e. The van der Waals surface area contributed by atoms with Crippen molar-refractivity contribution in [1.29, 1.82) is 0 Å². The Morgan fingerprint density at radius 3 is 2.62 bits per heavy atom. The van der Waals surface area contributed by atoms with Crippen molar-refractivity contribution in [3.63, 3.8) is 0 Å². The van der Waals surface area contributed by atoms with Crippen LogP contribution in [-0.2, 0) is 19.5 Å². The molecule has 1 rings (SSSR count). The van der Waals surface area contributed by atoms with Crippen molar-refractivity contribution in [2.24, 2.45) is 0 Å². The van der Waals surface area contributed by atoms with E-state index in [9.17, 15) is 18.3 Å². The van der Waals surface area contributed by atoms with Gasteiger partial charge in [-0.25, -0.2) is 17.9 Å². The second kappa shape index (κ2) is 7.96. The molecule has 0 saturated heterocycles. The standard InChI is InChI=1S/C13H19NO6S/c1-19-8-4-3-7-14-21(17,18)10-5-6-12(15)11(9-10)13(16)20-2/h5-6,9,14-15H,3-4,7-8H2,1-2H3. The number of esters is 1. The normalized spacial score (nSPS) is 11.3. The number of rotatable bonds is 8. The van der Waals surface area contributed by atoms with E-state index in [0.717, 1.165) is 25.7 Å². The molecule has 8 heteroatoms. The van der Waals surface area contributed by atoms with Crippen LogP contribution >= 0.6 is 0 Å². The van der Waals surface area contributed by atoms with Crippen LogP contribution in [0.2, 0.25) is 0 Å². The van der Waals surface area contributed by atoms with Gasteiger partial charge in [0.1, 0.15) is 11.3 Å². The summed E-state index contributed by atoms with van der Waals surface area (Å²) in [5.74, 6) is -1.13. The first-order valence-corrected chi connectivity index (χ1v) is 7.80. The Morgan fingerprint density at radius 2 is 2.00 bits per heavy atom. The van der Waals surface area contributed by atoms with Gasteiger partial charge in [0.25, 0.3) is 0 Å². The van der Waals surface area contributed by atoms with Crippen LogP contribution in [0.25, 0.3) is 0 Å². The molecule has 0 aliphatic heterocycles. The molecule has 0 fully saturated rings. The zero-order valence-electron chi connectivity index (χ0n) is 12.0. The van der Waals surface area contributed by atoms with Crippen LogP contribution in [0.1, 0.15) is 23.2 Å². The molecule has 0 saturated carbocycles. The monoisotopic (exact) mass is 317 g/mol. The second-order valence-corrected chi connectivity index (χ2v) is 6.04. The lowest BCUT2D eigenvalue weighted by atomic mass is 10.2. The van der Waals surface area contributed by atoms with Crippen molar-refractivity contribution in [2.75, 3.05) is 27.4 Å². The molecule has 2 N–H and O–H groups in total. The van der Waals surface area contributed by atoms with Crippen LogP contribution in [0.5, 0.6) is 5.75 Å². The van der Waals surface area contributed by atoms with Crippen molar-refractivity contribution >= 4 is 16.0 Å². The first-order chi connectivity index (χ1) is 9.92. The third-order valence-electron chi connectivity index (χ3n) is 2.75. The van der Waals surface area contributed by atoms with Crippen molar-refractivity contribution in [2.45, 2.75) is 17.7 Å². The zero-order valence-corrected chi connectivity index (χ0v) is 12.8. The van der Waals surface area contributed by atoms with E-state index in [-0.39, 0.29) is 22.8 Å². The number of nitrogens with one attached hydrogen (secondary N) is 1. The number of phenols is 1. The Balaban J connectivity index is 2.81. The van der Waals surface area contributed by atoms with Gasteiger partial charge in [0.05, 0.1) is 12.0 Å². The van der Waals surface area contributed by atoms with Gasteiger partial charge in [0.2, 0.25) is 10.0 Å². The lowest BCUT2D eigenvalue weighted by molar-refractivity contribution is 0.0597. The number of hydrogen-bond donors (Lipinski definition) is 2. The maximum absolute atomic E-state index is 12.1. The summed E-state index contributed by atoms with van der Waals surface area (Å²) < 4.78 is 35.9. The van der Waals surface area contributed by atoms with Crippen LogP contribution in [0.15, 0.2) is 23.1 Å². The summed E-state index contributed by atoms with van der Waals surface area (Å²) in [6.45, 7) is 0.827. The van der Waals surface area contributed by atoms with Crippen LogP contribution in [0, 0.1) is 0 Å². The van der Waals surface area contributed by atoms with E-state index >= 15 is 0 Å². The van der Waals surface area contributed by atoms with Gasteiger partial charge in [-0.1, -0.05) is 0 Å². The maximum Gasteiger partial charge on any atom is 0.341 e. The smallest absolute Gasteiger partial charge is 0.341 e. The highest BCUT2D eigenvalue weighted by Crippen LogP contribution is 2.22. The third kappa shape index (κ3) is 5.00. The van der Waals surface area contributed by atoms with E-state index in [2.05, 4.69) is 9.46 Å². The van der Waals surface area contributed by atoms with Gasteiger partial charge in [-0.2, -0.15) is 0 Å².